The predicted octanol–water partition coefficient (Wildman–Crippen LogP) is 5.06. The molecule has 0 aromatic heterocycles. The zero-order chi connectivity index (χ0) is 15.2. The lowest BCUT2D eigenvalue weighted by atomic mass is 9.88. The first-order valence-electron chi connectivity index (χ1n) is 7.10. The number of hydrogen-bond acceptors (Lipinski definition) is 2. The minimum Gasteiger partial charge on any atom is -0.384 e. The molecule has 0 heterocycles. The van der Waals surface area contributed by atoms with Crippen molar-refractivity contribution in [3.63, 3.8) is 0 Å². The molecule has 0 fully saturated rings. The van der Waals surface area contributed by atoms with E-state index >= 15 is 0 Å². The van der Waals surface area contributed by atoms with Gasteiger partial charge in [-0.3, -0.25) is 0 Å². The molecule has 2 rings (SSSR count). The summed E-state index contributed by atoms with van der Waals surface area (Å²) in [4.78, 5) is 0. The van der Waals surface area contributed by atoms with E-state index in [1.807, 2.05) is 12.1 Å². The largest absolute Gasteiger partial charge is 0.384 e. The van der Waals surface area contributed by atoms with E-state index in [4.69, 9.17) is 16.9 Å². The Morgan fingerprint density at radius 2 is 1.86 bits per heavy atom. The first-order valence-corrected chi connectivity index (χ1v) is 7.48. The van der Waals surface area contributed by atoms with Crippen LogP contribution in [0.15, 0.2) is 48.5 Å². The first-order chi connectivity index (χ1) is 10.1. The second-order valence-electron chi connectivity index (χ2n) is 5.45. The van der Waals surface area contributed by atoms with Gasteiger partial charge in [-0.25, -0.2) is 0 Å². The van der Waals surface area contributed by atoms with Crippen LogP contribution in [0, 0.1) is 17.2 Å². The fourth-order valence-corrected chi connectivity index (χ4v) is 2.55. The zero-order valence-corrected chi connectivity index (χ0v) is 13.1. The topological polar surface area (TPSA) is 35.8 Å². The van der Waals surface area contributed by atoms with Crippen LogP contribution in [0.3, 0.4) is 0 Å². The van der Waals surface area contributed by atoms with Gasteiger partial charge in [0.05, 0.1) is 10.6 Å². The van der Waals surface area contributed by atoms with Crippen LogP contribution < -0.4 is 5.32 Å². The van der Waals surface area contributed by atoms with Gasteiger partial charge >= 0.3 is 0 Å². The summed E-state index contributed by atoms with van der Waals surface area (Å²) in [5, 5.41) is 12.9. The minimum atomic E-state index is 0.424. The molecule has 0 saturated heterocycles. The molecular formula is C18H19ClN2. The molecule has 0 amide bonds. The van der Waals surface area contributed by atoms with Crippen molar-refractivity contribution in [2.24, 2.45) is 5.92 Å². The predicted molar refractivity (Wildman–Crippen MR) is 88.7 cm³/mol. The minimum absolute atomic E-state index is 0.424. The van der Waals surface area contributed by atoms with Gasteiger partial charge in [-0.1, -0.05) is 55.8 Å². The molecule has 0 saturated carbocycles. The average Bonchev–Trinajstić information content (AvgIpc) is 2.49. The lowest BCUT2D eigenvalue weighted by molar-refractivity contribution is 0.517. The van der Waals surface area contributed by atoms with Gasteiger partial charge in [-0.15, -0.1) is 0 Å². The quantitative estimate of drug-likeness (QED) is 0.837. The Morgan fingerprint density at radius 1 is 1.14 bits per heavy atom. The number of rotatable bonds is 5. The highest BCUT2D eigenvalue weighted by Crippen LogP contribution is 2.26. The van der Waals surface area contributed by atoms with Crippen LogP contribution in [0.4, 0.5) is 5.69 Å². The highest BCUT2D eigenvalue weighted by atomic mass is 35.5. The standard InChI is InChI=1S/C18H19ClN2/c1-13(2)17(14-6-4-3-5-7-14)12-21-16-8-9-18(19)15(10-16)11-20/h3-10,13,17,21H,12H2,1-2H3. The second kappa shape index (κ2) is 7.15. The number of hydrogen-bond donors (Lipinski definition) is 1. The molecule has 2 aromatic carbocycles. The fourth-order valence-electron chi connectivity index (χ4n) is 2.39. The summed E-state index contributed by atoms with van der Waals surface area (Å²) in [6.07, 6.45) is 0. The van der Waals surface area contributed by atoms with Gasteiger partial charge in [0.2, 0.25) is 0 Å². The molecule has 1 atom stereocenters. The van der Waals surface area contributed by atoms with Crippen LogP contribution in [-0.2, 0) is 0 Å². The molecule has 0 bridgehead atoms. The normalized spacial score (nSPS) is 12.0. The van der Waals surface area contributed by atoms with Gasteiger partial charge in [0.1, 0.15) is 6.07 Å². The van der Waals surface area contributed by atoms with Crippen molar-refractivity contribution < 1.29 is 0 Å². The van der Waals surface area contributed by atoms with Gasteiger partial charge in [0.15, 0.2) is 0 Å². The Labute approximate surface area is 131 Å². The number of nitrogens with zero attached hydrogens (tertiary/aromatic N) is 1. The number of halogens is 1. The van der Waals surface area contributed by atoms with Crippen molar-refractivity contribution >= 4 is 17.3 Å². The Morgan fingerprint density at radius 3 is 2.48 bits per heavy atom. The van der Waals surface area contributed by atoms with Crippen molar-refractivity contribution in [3.05, 3.63) is 64.7 Å². The zero-order valence-electron chi connectivity index (χ0n) is 12.3. The molecule has 3 heteroatoms. The van der Waals surface area contributed by atoms with E-state index in [9.17, 15) is 0 Å². The number of anilines is 1. The van der Waals surface area contributed by atoms with Gasteiger partial charge in [-0.2, -0.15) is 5.26 Å². The summed E-state index contributed by atoms with van der Waals surface area (Å²) in [6.45, 7) is 5.28. The molecular weight excluding hydrogens is 280 g/mol. The van der Waals surface area contributed by atoms with Crippen molar-refractivity contribution in [2.75, 3.05) is 11.9 Å². The van der Waals surface area contributed by atoms with E-state index in [-0.39, 0.29) is 0 Å². The van der Waals surface area contributed by atoms with Crippen molar-refractivity contribution in [2.45, 2.75) is 19.8 Å². The molecule has 0 aliphatic carbocycles. The highest BCUT2D eigenvalue weighted by Gasteiger charge is 2.15. The summed E-state index contributed by atoms with van der Waals surface area (Å²) in [6, 6.07) is 18.1. The molecule has 0 aliphatic rings. The molecule has 2 aromatic rings. The Kier molecular flexibility index (Phi) is 5.25. The van der Waals surface area contributed by atoms with Crippen LogP contribution in [0.5, 0.6) is 0 Å². The number of nitrogens with one attached hydrogen (secondary N) is 1. The van der Waals surface area contributed by atoms with Crippen LogP contribution in [-0.4, -0.2) is 6.54 Å². The third-order valence-electron chi connectivity index (χ3n) is 3.65. The molecule has 1 unspecified atom stereocenters. The maximum absolute atomic E-state index is 9.02. The van der Waals surface area contributed by atoms with Gasteiger partial charge in [-0.05, 0) is 29.7 Å². The monoisotopic (exact) mass is 298 g/mol. The van der Waals surface area contributed by atoms with E-state index in [1.54, 1.807) is 12.1 Å². The first kappa shape index (κ1) is 15.4. The summed E-state index contributed by atoms with van der Waals surface area (Å²) in [5.74, 6) is 0.954. The molecule has 0 radical (unpaired) electrons. The van der Waals surface area contributed by atoms with E-state index in [0.717, 1.165) is 12.2 Å². The van der Waals surface area contributed by atoms with Crippen LogP contribution in [0.1, 0.15) is 30.9 Å². The second-order valence-corrected chi connectivity index (χ2v) is 5.86. The summed E-state index contributed by atoms with van der Waals surface area (Å²) >= 11 is 5.96. The number of nitriles is 1. The summed E-state index contributed by atoms with van der Waals surface area (Å²) < 4.78 is 0. The maximum atomic E-state index is 9.02. The Bertz CT molecular complexity index is 629. The van der Waals surface area contributed by atoms with Crippen LogP contribution in [0.25, 0.3) is 0 Å². The Hall–Kier alpha value is -1.98. The summed E-state index contributed by atoms with van der Waals surface area (Å²) in [5.41, 5.74) is 2.76. The van der Waals surface area contributed by atoms with E-state index in [0.29, 0.717) is 22.4 Å². The SMILES string of the molecule is CC(C)C(CNc1ccc(Cl)c(C#N)c1)c1ccccc1. The molecule has 0 spiro atoms. The van der Waals surface area contributed by atoms with Gasteiger partial charge in [0, 0.05) is 18.2 Å². The molecule has 21 heavy (non-hydrogen) atoms. The third kappa shape index (κ3) is 4.00. The lowest BCUT2D eigenvalue weighted by Gasteiger charge is -2.22. The molecule has 108 valence electrons. The van der Waals surface area contributed by atoms with E-state index in [1.165, 1.54) is 5.56 Å². The van der Waals surface area contributed by atoms with E-state index < -0.39 is 0 Å². The molecule has 0 aliphatic heterocycles. The molecule has 2 nitrogen and oxygen atoms in total. The molecule has 1 N–H and O–H groups in total. The van der Waals surface area contributed by atoms with Crippen molar-refractivity contribution in [3.8, 4) is 6.07 Å². The third-order valence-corrected chi connectivity index (χ3v) is 3.97. The lowest BCUT2D eigenvalue weighted by Crippen LogP contribution is -2.17. The van der Waals surface area contributed by atoms with Crippen LogP contribution in [0.2, 0.25) is 5.02 Å². The van der Waals surface area contributed by atoms with Gasteiger partial charge in [0.25, 0.3) is 0 Å². The van der Waals surface area contributed by atoms with E-state index in [2.05, 4.69) is 49.5 Å². The average molecular weight is 299 g/mol. The van der Waals surface area contributed by atoms with Crippen LogP contribution >= 0.6 is 11.6 Å². The number of benzene rings is 2. The van der Waals surface area contributed by atoms with Crippen molar-refractivity contribution in [1.29, 1.82) is 5.26 Å². The smallest absolute Gasteiger partial charge is 0.101 e. The fraction of sp³-hybridized carbons (Fsp3) is 0.278. The Balaban J connectivity index is 2.11. The summed E-state index contributed by atoms with van der Waals surface area (Å²) in [7, 11) is 0. The highest BCUT2D eigenvalue weighted by molar-refractivity contribution is 6.31. The maximum Gasteiger partial charge on any atom is 0.101 e. The van der Waals surface area contributed by atoms with Gasteiger partial charge < -0.3 is 5.32 Å². The van der Waals surface area contributed by atoms with Crippen molar-refractivity contribution in [1.82, 2.24) is 0 Å².